The molecule has 1 rings (SSSR count). The summed E-state index contributed by atoms with van der Waals surface area (Å²) in [7, 11) is 0. The van der Waals surface area contributed by atoms with Crippen molar-refractivity contribution >= 4 is 11.8 Å². The summed E-state index contributed by atoms with van der Waals surface area (Å²) < 4.78 is 0. The van der Waals surface area contributed by atoms with Crippen LogP contribution in [-0.2, 0) is 0 Å². The lowest BCUT2D eigenvalue weighted by Crippen LogP contribution is -2.26. The molecule has 0 aliphatic rings. The SMILES string of the molecule is CSc1ccc(C(O)C(CN)C(C)C)cc1. The molecule has 0 fully saturated rings. The highest BCUT2D eigenvalue weighted by Crippen LogP contribution is 2.28. The first-order valence-corrected chi connectivity index (χ1v) is 6.84. The summed E-state index contributed by atoms with van der Waals surface area (Å²) in [5, 5.41) is 10.2. The van der Waals surface area contributed by atoms with Gasteiger partial charge in [0.25, 0.3) is 0 Å². The maximum atomic E-state index is 10.2. The molecule has 1 aromatic rings. The Bertz CT molecular complexity index is 310. The zero-order valence-electron chi connectivity index (χ0n) is 10.2. The van der Waals surface area contributed by atoms with E-state index in [0.717, 1.165) is 5.56 Å². The molecule has 2 unspecified atom stereocenters. The zero-order chi connectivity index (χ0) is 12.1. The van der Waals surface area contributed by atoms with E-state index in [9.17, 15) is 5.11 Å². The highest BCUT2D eigenvalue weighted by Gasteiger charge is 2.22. The number of benzene rings is 1. The van der Waals surface area contributed by atoms with Gasteiger partial charge in [0.15, 0.2) is 0 Å². The van der Waals surface area contributed by atoms with Crippen molar-refractivity contribution in [2.24, 2.45) is 17.6 Å². The molecule has 16 heavy (non-hydrogen) atoms. The molecule has 0 radical (unpaired) electrons. The van der Waals surface area contributed by atoms with Crippen molar-refractivity contribution in [3.63, 3.8) is 0 Å². The number of aliphatic hydroxyl groups is 1. The van der Waals surface area contributed by atoms with E-state index in [-0.39, 0.29) is 5.92 Å². The van der Waals surface area contributed by atoms with E-state index in [4.69, 9.17) is 5.73 Å². The molecule has 1 aromatic carbocycles. The molecule has 3 N–H and O–H groups in total. The van der Waals surface area contributed by atoms with Crippen LogP contribution in [0.2, 0.25) is 0 Å². The van der Waals surface area contributed by atoms with E-state index in [1.807, 2.05) is 30.5 Å². The maximum Gasteiger partial charge on any atom is 0.0832 e. The molecule has 0 aliphatic carbocycles. The van der Waals surface area contributed by atoms with Gasteiger partial charge in [0, 0.05) is 10.8 Å². The van der Waals surface area contributed by atoms with Crippen LogP contribution in [0, 0.1) is 11.8 Å². The van der Waals surface area contributed by atoms with Crippen LogP contribution >= 0.6 is 11.8 Å². The van der Waals surface area contributed by atoms with E-state index < -0.39 is 6.10 Å². The van der Waals surface area contributed by atoms with Crippen LogP contribution in [0.15, 0.2) is 29.2 Å². The van der Waals surface area contributed by atoms with Crippen LogP contribution in [0.1, 0.15) is 25.5 Å². The third-order valence-corrected chi connectivity index (χ3v) is 3.73. The average Bonchev–Trinajstić information content (AvgIpc) is 2.29. The molecule has 0 spiro atoms. The highest BCUT2D eigenvalue weighted by molar-refractivity contribution is 7.98. The lowest BCUT2D eigenvalue weighted by Gasteiger charge is -2.25. The summed E-state index contributed by atoms with van der Waals surface area (Å²) in [4.78, 5) is 1.21. The summed E-state index contributed by atoms with van der Waals surface area (Å²) in [5.41, 5.74) is 6.66. The largest absolute Gasteiger partial charge is 0.388 e. The Labute approximate surface area is 102 Å². The van der Waals surface area contributed by atoms with Gasteiger partial charge in [-0.1, -0.05) is 26.0 Å². The van der Waals surface area contributed by atoms with Gasteiger partial charge < -0.3 is 10.8 Å². The molecule has 0 heterocycles. The van der Waals surface area contributed by atoms with Gasteiger partial charge in [-0.05, 0) is 36.4 Å². The summed E-state index contributed by atoms with van der Waals surface area (Å²) >= 11 is 1.70. The third kappa shape index (κ3) is 3.24. The van der Waals surface area contributed by atoms with Gasteiger partial charge >= 0.3 is 0 Å². The van der Waals surface area contributed by atoms with Gasteiger partial charge in [-0.2, -0.15) is 0 Å². The monoisotopic (exact) mass is 239 g/mol. The Kier molecular flexibility index (Phi) is 5.32. The molecular formula is C13H21NOS. The second kappa shape index (κ2) is 6.28. The fraction of sp³-hybridized carbons (Fsp3) is 0.538. The number of thioether (sulfide) groups is 1. The van der Waals surface area contributed by atoms with Crippen molar-refractivity contribution in [3.05, 3.63) is 29.8 Å². The van der Waals surface area contributed by atoms with Crippen LogP contribution < -0.4 is 5.73 Å². The minimum absolute atomic E-state index is 0.125. The van der Waals surface area contributed by atoms with Crippen LogP contribution in [0.5, 0.6) is 0 Å². The second-order valence-electron chi connectivity index (χ2n) is 4.36. The number of aliphatic hydroxyl groups excluding tert-OH is 1. The highest BCUT2D eigenvalue weighted by atomic mass is 32.2. The topological polar surface area (TPSA) is 46.2 Å². The molecule has 3 heteroatoms. The Morgan fingerprint density at radius 1 is 1.25 bits per heavy atom. The van der Waals surface area contributed by atoms with Crippen molar-refractivity contribution in [3.8, 4) is 0 Å². The number of hydrogen-bond donors (Lipinski definition) is 2. The van der Waals surface area contributed by atoms with Crippen LogP contribution in [0.3, 0.4) is 0 Å². The number of hydrogen-bond acceptors (Lipinski definition) is 3. The van der Waals surface area contributed by atoms with Gasteiger partial charge in [-0.25, -0.2) is 0 Å². The van der Waals surface area contributed by atoms with Gasteiger partial charge in [-0.15, -0.1) is 11.8 Å². The molecule has 2 nitrogen and oxygen atoms in total. The summed E-state index contributed by atoms with van der Waals surface area (Å²) in [6, 6.07) is 8.05. The summed E-state index contributed by atoms with van der Waals surface area (Å²) in [6.07, 6.45) is 1.59. The Morgan fingerprint density at radius 2 is 1.81 bits per heavy atom. The minimum atomic E-state index is -0.457. The molecule has 2 atom stereocenters. The number of rotatable bonds is 5. The van der Waals surface area contributed by atoms with Crippen molar-refractivity contribution in [2.75, 3.05) is 12.8 Å². The predicted molar refractivity (Wildman–Crippen MR) is 70.6 cm³/mol. The Hall–Kier alpha value is -0.510. The van der Waals surface area contributed by atoms with Gasteiger partial charge in [0.2, 0.25) is 0 Å². The lowest BCUT2D eigenvalue weighted by atomic mass is 9.87. The van der Waals surface area contributed by atoms with Crippen molar-refractivity contribution in [2.45, 2.75) is 24.8 Å². The standard InChI is InChI=1S/C13H21NOS/c1-9(2)12(8-14)13(15)10-4-6-11(16-3)7-5-10/h4-7,9,12-13,15H,8,14H2,1-3H3. The Morgan fingerprint density at radius 3 is 2.19 bits per heavy atom. The van der Waals surface area contributed by atoms with Crippen LogP contribution in [-0.4, -0.2) is 17.9 Å². The summed E-state index contributed by atoms with van der Waals surface area (Å²) in [5.74, 6) is 0.514. The smallest absolute Gasteiger partial charge is 0.0832 e. The predicted octanol–water partition coefficient (Wildman–Crippen LogP) is 2.67. The van der Waals surface area contributed by atoms with Crippen molar-refractivity contribution in [1.82, 2.24) is 0 Å². The molecule has 0 saturated carbocycles. The molecule has 90 valence electrons. The Balaban J connectivity index is 2.82. The molecule has 0 aromatic heterocycles. The maximum absolute atomic E-state index is 10.2. The lowest BCUT2D eigenvalue weighted by molar-refractivity contribution is 0.0860. The summed E-state index contributed by atoms with van der Waals surface area (Å²) in [6.45, 7) is 4.71. The van der Waals surface area contributed by atoms with Crippen molar-refractivity contribution in [1.29, 1.82) is 0 Å². The van der Waals surface area contributed by atoms with E-state index in [2.05, 4.69) is 13.8 Å². The zero-order valence-corrected chi connectivity index (χ0v) is 11.0. The van der Waals surface area contributed by atoms with Gasteiger partial charge in [-0.3, -0.25) is 0 Å². The molecule has 0 saturated heterocycles. The average molecular weight is 239 g/mol. The van der Waals surface area contributed by atoms with E-state index in [1.54, 1.807) is 11.8 Å². The van der Waals surface area contributed by atoms with Crippen molar-refractivity contribution < 1.29 is 5.11 Å². The fourth-order valence-electron chi connectivity index (χ4n) is 1.81. The molecule has 0 aliphatic heterocycles. The van der Waals surface area contributed by atoms with E-state index in [1.165, 1.54) is 4.90 Å². The normalized spacial score (nSPS) is 15.1. The quantitative estimate of drug-likeness (QED) is 0.777. The van der Waals surface area contributed by atoms with E-state index in [0.29, 0.717) is 12.5 Å². The molecular weight excluding hydrogens is 218 g/mol. The molecule has 0 bridgehead atoms. The third-order valence-electron chi connectivity index (χ3n) is 2.99. The first-order valence-electron chi connectivity index (χ1n) is 5.62. The minimum Gasteiger partial charge on any atom is -0.388 e. The van der Waals surface area contributed by atoms with Gasteiger partial charge in [0.05, 0.1) is 6.10 Å². The van der Waals surface area contributed by atoms with Crippen LogP contribution in [0.4, 0.5) is 0 Å². The van der Waals surface area contributed by atoms with E-state index >= 15 is 0 Å². The fourth-order valence-corrected chi connectivity index (χ4v) is 2.22. The van der Waals surface area contributed by atoms with Gasteiger partial charge in [0.1, 0.15) is 0 Å². The number of nitrogens with two attached hydrogens (primary N) is 1. The molecule has 0 amide bonds. The van der Waals surface area contributed by atoms with Crippen LogP contribution in [0.25, 0.3) is 0 Å². The first-order chi connectivity index (χ1) is 7.60. The first kappa shape index (κ1) is 13.6. The second-order valence-corrected chi connectivity index (χ2v) is 5.24.